The molecule has 168 valence electrons. The Morgan fingerprint density at radius 3 is 2.47 bits per heavy atom. The Bertz CT molecular complexity index is 1120. The lowest BCUT2D eigenvalue weighted by Crippen LogP contribution is -2.28. The zero-order chi connectivity index (χ0) is 22.8. The van der Waals surface area contributed by atoms with Crippen LogP contribution in [-0.2, 0) is 21.4 Å². The summed E-state index contributed by atoms with van der Waals surface area (Å²) in [6, 6.07) is 13.1. The molecular weight excluding hydrogens is 432 g/mol. The first-order valence-corrected chi connectivity index (χ1v) is 11.5. The van der Waals surface area contributed by atoms with E-state index in [1.54, 1.807) is 36.7 Å². The molecule has 9 nitrogen and oxygen atoms in total. The average Bonchev–Trinajstić information content (AvgIpc) is 2.80. The summed E-state index contributed by atoms with van der Waals surface area (Å²) >= 11 is 0. The van der Waals surface area contributed by atoms with E-state index in [1.807, 2.05) is 19.1 Å². The third kappa shape index (κ3) is 6.76. The Labute approximate surface area is 186 Å². The second kappa shape index (κ2) is 11.2. The van der Waals surface area contributed by atoms with Crippen LogP contribution in [0.5, 0.6) is 11.5 Å². The number of benzene rings is 1. The van der Waals surface area contributed by atoms with Crippen LogP contribution in [0.2, 0.25) is 0 Å². The van der Waals surface area contributed by atoms with Gasteiger partial charge >= 0.3 is 0 Å². The van der Waals surface area contributed by atoms with Crippen molar-refractivity contribution in [2.45, 2.75) is 24.8 Å². The van der Waals surface area contributed by atoms with E-state index in [4.69, 9.17) is 9.47 Å². The van der Waals surface area contributed by atoms with Crippen molar-refractivity contribution in [1.29, 1.82) is 0 Å². The molecule has 1 aromatic carbocycles. The van der Waals surface area contributed by atoms with Crippen molar-refractivity contribution in [3.63, 3.8) is 0 Å². The van der Waals surface area contributed by atoms with E-state index in [0.717, 1.165) is 5.56 Å². The standard InChI is InChI=1S/C22H24N4O5S/c1-2-30-18-5-7-19(8-6-18)32(28,29)25-15-11-21(27)26-22-20(4-3-12-24-22)31-16-17-9-13-23-14-10-17/h3-10,12-14,25H,2,11,15-16H2,1H3,(H,24,26,27). The average molecular weight is 457 g/mol. The van der Waals surface area contributed by atoms with Crippen LogP contribution in [0.3, 0.4) is 0 Å². The molecule has 0 saturated heterocycles. The van der Waals surface area contributed by atoms with Crippen molar-refractivity contribution in [3.05, 3.63) is 72.7 Å². The number of carbonyl (C=O) groups is 1. The molecule has 0 fully saturated rings. The molecule has 3 rings (SSSR count). The zero-order valence-corrected chi connectivity index (χ0v) is 18.3. The van der Waals surface area contributed by atoms with Crippen molar-refractivity contribution in [3.8, 4) is 11.5 Å². The number of ether oxygens (including phenoxy) is 2. The van der Waals surface area contributed by atoms with Crippen molar-refractivity contribution in [1.82, 2.24) is 14.7 Å². The van der Waals surface area contributed by atoms with E-state index in [0.29, 0.717) is 24.7 Å². The van der Waals surface area contributed by atoms with Crippen LogP contribution in [0, 0.1) is 0 Å². The Hall–Kier alpha value is -3.50. The maximum atomic E-state index is 12.4. The minimum Gasteiger partial charge on any atom is -0.494 e. The second-order valence-corrected chi connectivity index (χ2v) is 8.36. The van der Waals surface area contributed by atoms with Gasteiger partial charge in [-0.15, -0.1) is 0 Å². The summed E-state index contributed by atoms with van der Waals surface area (Å²) in [7, 11) is -3.74. The van der Waals surface area contributed by atoms with Gasteiger partial charge in [0.15, 0.2) is 11.6 Å². The predicted molar refractivity (Wildman–Crippen MR) is 119 cm³/mol. The lowest BCUT2D eigenvalue weighted by atomic mass is 10.3. The van der Waals surface area contributed by atoms with E-state index in [1.165, 1.54) is 18.3 Å². The number of hydrogen-bond acceptors (Lipinski definition) is 7. The quantitative estimate of drug-likeness (QED) is 0.455. The summed E-state index contributed by atoms with van der Waals surface area (Å²) in [5.41, 5.74) is 0.921. The molecule has 1 amide bonds. The molecule has 10 heteroatoms. The summed E-state index contributed by atoms with van der Waals surface area (Å²) < 4.78 is 38.3. The number of carbonyl (C=O) groups excluding carboxylic acids is 1. The minimum absolute atomic E-state index is 0.0680. The number of aromatic nitrogens is 2. The summed E-state index contributed by atoms with van der Waals surface area (Å²) in [6.07, 6.45) is 4.79. The van der Waals surface area contributed by atoms with Gasteiger partial charge < -0.3 is 14.8 Å². The number of rotatable bonds is 11. The third-order valence-corrected chi connectivity index (χ3v) is 5.74. The number of nitrogens with zero attached hydrogens (tertiary/aromatic N) is 2. The summed E-state index contributed by atoms with van der Waals surface area (Å²) in [6.45, 7) is 2.56. The lowest BCUT2D eigenvalue weighted by molar-refractivity contribution is -0.116. The van der Waals surface area contributed by atoms with Crippen LogP contribution in [0.1, 0.15) is 18.9 Å². The molecule has 0 radical (unpaired) electrons. The first-order valence-electron chi connectivity index (χ1n) is 9.97. The van der Waals surface area contributed by atoms with Crippen molar-refractivity contribution < 1.29 is 22.7 Å². The van der Waals surface area contributed by atoms with Crippen molar-refractivity contribution in [2.75, 3.05) is 18.5 Å². The fourth-order valence-corrected chi connectivity index (χ4v) is 3.73. The molecule has 0 aliphatic carbocycles. The fraction of sp³-hybridized carbons (Fsp3) is 0.227. The van der Waals surface area contributed by atoms with Gasteiger partial charge in [-0.25, -0.2) is 18.1 Å². The molecule has 0 saturated carbocycles. The van der Waals surface area contributed by atoms with Crippen LogP contribution in [0.25, 0.3) is 0 Å². The molecule has 0 aliphatic heterocycles. The molecule has 2 aromatic heterocycles. The highest BCUT2D eigenvalue weighted by Gasteiger charge is 2.15. The normalized spacial score (nSPS) is 11.0. The number of hydrogen-bond donors (Lipinski definition) is 2. The predicted octanol–water partition coefficient (Wildman–Crippen LogP) is 2.76. The number of sulfonamides is 1. The molecule has 0 atom stereocenters. The molecule has 2 N–H and O–H groups in total. The second-order valence-electron chi connectivity index (χ2n) is 6.59. The fourth-order valence-electron chi connectivity index (χ4n) is 2.70. The van der Waals surface area contributed by atoms with Gasteiger partial charge in [0.05, 0.1) is 11.5 Å². The van der Waals surface area contributed by atoms with Gasteiger partial charge in [-0.05, 0) is 61.0 Å². The van der Waals surface area contributed by atoms with Crippen LogP contribution < -0.4 is 19.5 Å². The van der Waals surface area contributed by atoms with E-state index in [9.17, 15) is 13.2 Å². The summed E-state index contributed by atoms with van der Waals surface area (Å²) in [5.74, 6) is 0.864. The summed E-state index contributed by atoms with van der Waals surface area (Å²) in [4.78, 5) is 20.5. The van der Waals surface area contributed by atoms with Gasteiger partial charge in [0.2, 0.25) is 15.9 Å². The molecule has 0 bridgehead atoms. The van der Waals surface area contributed by atoms with Gasteiger partial charge in [0, 0.05) is 31.6 Å². The lowest BCUT2D eigenvalue weighted by Gasteiger charge is -2.12. The number of anilines is 1. The molecule has 0 aliphatic rings. The SMILES string of the molecule is CCOc1ccc(S(=O)(=O)NCCC(=O)Nc2ncccc2OCc2ccncc2)cc1. The Kier molecular flexibility index (Phi) is 8.12. The molecular formula is C22H24N4O5S. The maximum absolute atomic E-state index is 12.4. The maximum Gasteiger partial charge on any atom is 0.240 e. The Morgan fingerprint density at radius 1 is 1.00 bits per heavy atom. The molecule has 0 unspecified atom stereocenters. The molecule has 2 heterocycles. The first-order chi connectivity index (χ1) is 15.5. The summed E-state index contributed by atoms with van der Waals surface area (Å²) in [5, 5.41) is 2.66. The zero-order valence-electron chi connectivity index (χ0n) is 17.5. The largest absolute Gasteiger partial charge is 0.494 e. The van der Waals surface area contributed by atoms with Gasteiger partial charge in [-0.1, -0.05) is 0 Å². The minimum atomic E-state index is -3.74. The number of nitrogens with one attached hydrogen (secondary N) is 2. The van der Waals surface area contributed by atoms with Crippen LogP contribution >= 0.6 is 0 Å². The molecule has 32 heavy (non-hydrogen) atoms. The highest BCUT2D eigenvalue weighted by Crippen LogP contribution is 2.22. The van der Waals surface area contributed by atoms with Crippen LogP contribution in [0.4, 0.5) is 5.82 Å². The smallest absolute Gasteiger partial charge is 0.240 e. The topological polar surface area (TPSA) is 120 Å². The molecule has 0 spiro atoms. The number of pyridine rings is 2. The highest BCUT2D eigenvalue weighted by atomic mass is 32.2. The number of amides is 1. The van der Waals surface area contributed by atoms with Crippen molar-refractivity contribution in [2.24, 2.45) is 0 Å². The van der Waals surface area contributed by atoms with Gasteiger partial charge in [0.25, 0.3) is 0 Å². The first kappa shape index (κ1) is 23.2. The Balaban J connectivity index is 1.51. The highest BCUT2D eigenvalue weighted by molar-refractivity contribution is 7.89. The van der Waals surface area contributed by atoms with Crippen LogP contribution in [0.15, 0.2) is 72.0 Å². The monoisotopic (exact) mass is 456 g/mol. The van der Waals surface area contributed by atoms with E-state index in [2.05, 4.69) is 20.0 Å². The van der Waals surface area contributed by atoms with Gasteiger partial charge in [0.1, 0.15) is 12.4 Å². The van der Waals surface area contributed by atoms with E-state index < -0.39 is 15.9 Å². The van der Waals surface area contributed by atoms with E-state index in [-0.39, 0.29) is 23.7 Å². The Morgan fingerprint density at radius 2 is 1.75 bits per heavy atom. The van der Waals surface area contributed by atoms with Gasteiger partial charge in [-0.3, -0.25) is 9.78 Å². The molecule has 3 aromatic rings. The third-order valence-electron chi connectivity index (χ3n) is 4.26. The van der Waals surface area contributed by atoms with Gasteiger partial charge in [-0.2, -0.15) is 0 Å². The van der Waals surface area contributed by atoms with Crippen LogP contribution in [-0.4, -0.2) is 37.4 Å². The van der Waals surface area contributed by atoms with E-state index >= 15 is 0 Å². The van der Waals surface area contributed by atoms with Crippen molar-refractivity contribution >= 4 is 21.7 Å².